The summed E-state index contributed by atoms with van der Waals surface area (Å²) < 4.78 is 5.25. The lowest BCUT2D eigenvalue weighted by molar-refractivity contribution is -0.117. The molecule has 0 unspecified atom stereocenters. The number of carbonyl (C=O) groups is 2. The van der Waals surface area contributed by atoms with Crippen molar-refractivity contribution in [3.05, 3.63) is 29.8 Å². The summed E-state index contributed by atoms with van der Waals surface area (Å²) in [6.45, 7) is 10.9. The molecule has 6 nitrogen and oxygen atoms in total. The second-order valence-electron chi connectivity index (χ2n) is 8.54. The number of hydrogen-bond donors (Lipinski definition) is 1. The molecule has 0 aliphatic carbocycles. The predicted molar refractivity (Wildman–Crippen MR) is 108 cm³/mol. The van der Waals surface area contributed by atoms with Crippen molar-refractivity contribution in [2.45, 2.75) is 52.7 Å². The predicted octanol–water partition coefficient (Wildman–Crippen LogP) is 3.72. The minimum Gasteiger partial charge on any atom is -0.444 e. The summed E-state index contributed by atoms with van der Waals surface area (Å²) in [6.07, 6.45) is 2.02. The third-order valence-electron chi connectivity index (χ3n) is 4.61. The highest BCUT2D eigenvalue weighted by atomic mass is 16.6. The number of likely N-dealkylation sites (N-methyl/N-ethyl adjacent to an activating group) is 1. The van der Waals surface area contributed by atoms with Gasteiger partial charge in [-0.15, -0.1) is 0 Å². The zero-order chi connectivity index (χ0) is 20.0. The molecule has 1 aromatic rings. The van der Waals surface area contributed by atoms with E-state index in [0.29, 0.717) is 0 Å². The highest BCUT2D eigenvalue weighted by Crippen LogP contribution is 2.19. The number of piperidine rings is 1. The standard InChI is InChI=1S/C21H33N3O3/c1-16-10-12-24(13-11-16)14-17-6-8-18(9-7-17)22-19(25)15-23(5)20(26)27-21(2,3)4/h6-9,16H,10-15H2,1-5H3,(H,22,25). The van der Waals surface area contributed by atoms with Gasteiger partial charge in [0.05, 0.1) is 0 Å². The Labute approximate surface area is 162 Å². The van der Waals surface area contributed by atoms with E-state index in [9.17, 15) is 9.59 Å². The van der Waals surface area contributed by atoms with E-state index in [-0.39, 0.29) is 12.5 Å². The van der Waals surface area contributed by atoms with Gasteiger partial charge in [0.15, 0.2) is 0 Å². The van der Waals surface area contributed by atoms with E-state index in [1.807, 2.05) is 24.3 Å². The summed E-state index contributed by atoms with van der Waals surface area (Å²) in [5.74, 6) is 0.582. The van der Waals surface area contributed by atoms with Crippen molar-refractivity contribution in [3.8, 4) is 0 Å². The van der Waals surface area contributed by atoms with Crippen LogP contribution in [0.1, 0.15) is 46.1 Å². The number of amides is 2. The molecule has 2 amide bonds. The first-order chi connectivity index (χ1) is 12.6. The first-order valence-corrected chi connectivity index (χ1v) is 9.67. The molecule has 1 heterocycles. The molecule has 0 bridgehead atoms. The van der Waals surface area contributed by atoms with Gasteiger partial charge in [-0.05, 0) is 70.3 Å². The molecule has 27 heavy (non-hydrogen) atoms. The average molecular weight is 376 g/mol. The van der Waals surface area contributed by atoms with Gasteiger partial charge in [-0.25, -0.2) is 4.79 Å². The van der Waals surface area contributed by atoms with Crippen molar-refractivity contribution < 1.29 is 14.3 Å². The second-order valence-corrected chi connectivity index (χ2v) is 8.54. The molecular weight excluding hydrogens is 342 g/mol. The second kappa shape index (κ2) is 9.22. The Morgan fingerprint density at radius 1 is 1.19 bits per heavy atom. The van der Waals surface area contributed by atoms with Gasteiger partial charge in [0.1, 0.15) is 12.1 Å². The number of carbonyl (C=O) groups excluding carboxylic acids is 2. The van der Waals surface area contributed by atoms with Gasteiger partial charge in [-0.2, -0.15) is 0 Å². The van der Waals surface area contributed by atoms with Crippen LogP contribution in [0.15, 0.2) is 24.3 Å². The Balaban J connectivity index is 1.79. The summed E-state index contributed by atoms with van der Waals surface area (Å²) >= 11 is 0. The number of ether oxygens (including phenoxy) is 1. The molecule has 1 aliphatic heterocycles. The van der Waals surface area contributed by atoms with Crippen LogP contribution in [0.3, 0.4) is 0 Å². The highest BCUT2D eigenvalue weighted by Gasteiger charge is 2.21. The Hall–Kier alpha value is -2.08. The first kappa shape index (κ1) is 21.2. The van der Waals surface area contributed by atoms with Crippen LogP contribution in [0.4, 0.5) is 10.5 Å². The highest BCUT2D eigenvalue weighted by molar-refractivity contribution is 5.93. The molecular formula is C21H33N3O3. The summed E-state index contributed by atoms with van der Waals surface area (Å²) in [5.41, 5.74) is 1.39. The normalized spacial score (nSPS) is 16.0. The molecule has 0 atom stereocenters. The topological polar surface area (TPSA) is 61.9 Å². The van der Waals surface area contributed by atoms with E-state index in [2.05, 4.69) is 17.1 Å². The zero-order valence-electron chi connectivity index (χ0n) is 17.2. The number of nitrogens with one attached hydrogen (secondary N) is 1. The lowest BCUT2D eigenvalue weighted by atomic mass is 9.99. The minimum atomic E-state index is -0.579. The van der Waals surface area contributed by atoms with Gasteiger partial charge in [0, 0.05) is 19.3 Å². The van der Waals surface area contributed by atoms with Crippen molar-refractivity contribution in [3.63, 3.8) is 0 Å². The van der Waals surface area contributed by atoms with Gasteiger partial charge in [-0.3, -0.25) is 9.69 Å². The van der Waals surface area contributed by atoms with Crippen LogP contribution in [0, 0.1) is 5.92 Å². The quantitative estimate of drug-likeness (QED) is 0.852. The van der Waals surface area contributed by atoms with Crippen molar-refractivity contribution in [1.29, 1.82) is 0 Å². The fourth-order valence-electron chi connectivity index (χ4n) is 2.99. The molecule has 1 aromatic carbocycles. The van der Waals surface area contributed by atoms with Crippen LogP contribution in [-0.2, 0) is 16.1 Å². The van der Waals surface area contributed by atoms with Crippen LogP contribution >= 0.6 is 0 Å². The van der Waals surface area contributed by atoms with Crippen LogP contribution in [0.5, 0.6) is 0 Å². The van der Waals surface area contributed by atoms with Crippen molar-refractivity contribution in [2.24, 2.45) is 5.92 Å². The van der Waals surface area contributed by atoms with Gasteiger partial charge < -0.3 is 15.0 Å². The maximum Gasteiger partial charge on any atom is 0.410 e. The lowest BCUT2D eigenvalue weighted by Crippen LogP contribution is -2.38. The molecule has 1 aliphatic rings. The summed E-state index contributed by atoms with van der Waals surface area (Å²) in [5, 5.41) is 2.83. The molecule has 1 N–H and O–H groups in total. The molecule has 1 saturated heterocycles. The van der Waals surface area contributed by atoms with Crippen LogP contribution in [0.25, 0.3) is 0 Å². The number of likely N-dealkylation sites (tertiary alicyclic amines) is 1. The maximum atomic E-state index is 12.2. The third-order valence-corrected chi connectivity index (χ3v) is 4.61. The SMILES string of the molecule is CC1CCN(Cc2ccc(NC(=O)CN(C)C(=O)OC(C)(C)C)cc2)CC1. The number of hydrogen-bond acceptors (Lipinski definition) is 4. The summed E-state index contributed by atoms with van der Waals surface area (Å²) in [4.78, 5) is 27.8. The van der Waals surface area contributed by atoms with E-state index in [4.69, 9.17) is 4.74 Å². The molecule has 0 radical (unpaired) electrons. The number of rotatable bonds is 5. The third kappa shape index (κ3) is 7.59. The fourth-order valence-corrected chi connectivity index (χ4v) is 2.99. The van der Waals surface area contributed by atoms with Crippen molar-refractivity contribution in [1.82, 2.24) is 9.80 Å². The van der Waals surface area contributed by atoms with Gasteiger partial charge >= 0.3 is 6.09 Å². The number of benzene rings is 1. The number of anilines is 1. The Kier molecular flexibility index (Phi) is 7.25. The largest absolute Gasteiger partial charge is 0.444 e. The van der Waals surface area contributed by atoms with Gasteiger partial charge in [0.2, 0.25) is 5.91 Å². The Morgan fingerprint density at radius 2 is 1.78 bits per heavy atom. The molecule has 0 spiro atoms. The van der Waals surface area contributed by atoms with E-state index in [1.165, 1.54) is 23.3 Å². The number of nitrogens with zero attached hydrogens (tertiary/aromatic N) is 2. The minimum absolute atomic E-state index is 0.0529. The maximum absolute atomic E-state index is 12.2. The first-order valence-electron chi connectivity index (χ1n) is 9.67. The lowest BCUT2D eigenvalue weighted by Gasteiger charge is -2.30. The Morgan fingerprint density at radius 3 is 2.33 bits per heavy atom. The van der Waals surface area contributed by atoms with E-state index in [1.54, 1.807) is 27.8 Å². The molecule has 0 aromatic heterocycles. The molecule has 0 saturated carbocycles. The summed E-state index contributed by atoms with van der Waals surface area (Å²) in [6, 6.07) is 7.91. The van der Waals surface area contributed by atoms with Gasteiger partial charge in [-0.1, -0.05) is 19.1 Å². The van der Waals surface area contributed by atoms with Crippen LogP contribution in [-0.4, -0.2) is 54.1 Å². The average Bonchev–Trinajstić information content (AvgIpc) is 2.57. The van der Waals surface area contributed by atoms with E-state index >= 15 is 0 Å². The van der Waals surface area contributed by atoms with E-state index in [0.717, 1.165) is 31.2 Å². The molecule has 1 fully saturated rings. The van der Waals surface area contributed by atoms with Crippen LogP contribution in [0.2, 0.25) is 0 Å². The monoisotopic (exact) mass is 375 g/mol. The molecule has 2 rings (SSSR count). The van der Waals surface area contributed by atoms with Gasteiger partial charge in [0.25, 0.3) is 0 Å². The van der Waals surface area contributed by atoms with E-state index < -0.39 is 11.7 Å². The van der Waals surface area contributed by atoms with Crippen molar-refractivity contribution >= 4 is 17.7 Å². The Bertz CT molecular complexity index is 629. The summed E-state index contributed by atoms with van der Waals surface area (Å²) in [7, 11) is 1.55. The van der Waals surface area contributed by atoms with Crippen molar-refractivity contribution in [2.75, 3.05) is 32.0 Å². The smallest absolute Gasteiger partial charge is 0.410 e. The molecule has 6 heteroatoms. The zero-order valence-corrected chi connectivity index (χ0v) is 17.2. The fraction of sp³-hybridized carbons (Fsp3) is 0.619. The van der Waals surface area contributed by atoms with Crippen LogP contribution < -0.4 is 5.32 Å². The molecule has 150 valence electrons.